The van der Waals surface area contributed by atoms with Gasteiger partial charge in [-0.3, -0.25) is 0 Å². The second-order valence-electron chi connectivity index (χ2n) is 5.43. The monoisotopic (exact) mass is 267 g/mol. The van der Waals surface area contributed by atoms with E-state index < -0.39 is 0 Å². The molecule has 18 heavy (non-hydrogen) atoms. The lowest BCUT2D eigenvalue weighted by molar-refractivity contribution is 0.340. The van der Waals surface area contributed by atoms with E-state index in [0.29, 0.717) is 6.04 Å². The van der Waals surface area contributed by atoms with Crippen LogP contribution in [0.4, 0.5) is 5.13 Å². The lowest BCUT2D eigenvalue weighted by atomic mass is 9.87. The molecular formula is C14H25N3S. The van der Waals surface area contributed by atoms with Gasteiger partial charge < -0.3 is 10.2 Å². The fraction of sp³-hybridized carbons (Fsp3) is 0.786. The highest BCUT2D eigenvalue weighted by Gasteiger charge is 2.23. The van der Waals surface area contributed by atoms with E-state index in [1.807, 2.05) is 0 Å². The molecule has 1 aliphatic carbocycles. The van der Waals surface area contributed by atoms with Crippen molar-refractivity contribution in [3.05, 3.63) is 11.1 Å². The van der Waals surface area contributed by atoms with Gasteiger partial charge >= 0.3 is 0 Å². The fourth-order valence-corrected chi connectivity index (χ4v) is 3.44. The number of thiazole rings is 1. The van der Waals surface area contributed by atoms with Crippen molar-refractivity contribution in [2.45, 2.75) is 52.1 Å². The highest BCUT2D eigenvalue weighted by Crippen LogP contribution is 2.30. The van der Waals surface area contributed by atoms with Crippen molar-refractivity contribution < 1.29 is 0 Å². The van der Waals surface area contributed by atoms with Gasteiger partial charge in [0.1, 0.15) is 0 Å². The highest BCUT2D eigenvalue weighted by atomic mass is 32.1. The normalized spacial score (nSPS) is 24.2. The van der Waals surface area contributed by atoms with Crippen LogP contribution in [0.1, 0.15) is 45.2 Å². The summed E-state index contributed by atoms with van der Waals surface area (Å²) in [5.41, 5.74) is 1.17. The van der Waals surface area contributed by atoms with Crippen molar-refractivity contribution in [1.82, 2.24) is 10.3 Å². The van der Waals surface area contributed by atoms with Crippen molar-refractivity contribution in [1.29, 1.82) is 0 Å². The van der Waals surface area contributed by atoms with Crippen molar-refractivity contribution in [2.24, 2.45) is 5.92 Å². The van der Waals surface area contributed by atoms with Gasteiger partial charge in [0.2, 0.25) is 0 Å². The molecule has 1 aromatic rings. The standard InChI is InChI=1S/C14H25N3S/c1-4-15-9-12-10-18-14(16-12)17(3)13-7-5-11(2)6-8-13/h10-11,13,15H,4-9H2,1-3H3. The van der Waals surface area contributed by atoms with Crippen molar-refractivity contribution in [3.63, 3.8) is 0 Å². The van der Waals surface area contributed by atoms with E-state index in [9.17, 15) is 0 Å². The van der Waals surface area contributed by atoms with Crippen molar-refractivity contribution in [3.8, 4) is 0 Å². The summed E-state index contributed by atoms with van der Waals surface area (Å²) in [7, 11) is 2.20. The van der Waals surface area contributed by atoms with Crippen LogP contribution in [0.5, 0.6) is 0 Å². The first-order valence-electron chi connectivity index (χ1n) is 7.08. The summed E-state index contributed by atoms with van der Waals surface area (Å²) in [5.74, 6) is 0.912. The van der Waals surface area contributed by atoms with Gasteiger partial charge in [-0.05, 0) is 38.1 Å². The third kappa shape index (κ3) is 3.45. The predicted octanol–water partition coefficient (Wildman–Crippen LogP) is 3.27. The van der Waals surface area contributed by atoms with E-state index in [2.05, 4.69) is 36.5 Å². The van der Waals surface area contributed by atoms with Gasteiger partial charge in [0, 0.05) is 25.0 Å². The Labute approximate surface area is 115 Å². The van der Waals surface area contributed by atoms with Crippen LogP contribution in [0.25, 0.3) is 0 Å². The number of nitrogens with one attached hydrogen (secondary N) is 1. The molecule has 0 bridgehead atoms. The molecule has 1 heterocycles. The molecule has 0 aromatic carbocycles. The zero-order chi connectivity index (χ0) is 13.0. The molecule has 0 spiro atoms. The number of aromatic nitrogens is 1. The fourth-order valence-electron chi connectivity index (χ4n) is 2.58. The van der Waals surface area contributed by atoms with Gasteiger partial charge in [0.15, 0.2) is 5.13 Å². The van der Waals surface area contributed by atoms with Crippen LogP contribution in [0, 0.1) is 5.92 Å². The maximum atomic E-state index is 4.72. The first-order chi connectivity index (χ1) is 8.70. The molecule has 102 valence electrons. The predicted molar refractivity (Wildman–Crippen MR) is 79.3 cm³/mol. The number of hydrogen-bond donors (Lipinski definition) is 1. The Morgan fingerprint density at radius 1 is 1.39 bits per heavy atom. The Hall–Kier alpha value is -0.610. The van der Waals surface area contributed by atoms with Crippen molar-refractivity contribution >= 4 is 16.5 Å². The summed E-state index contributed by atoms with van der Waals surface area (Å²) in [4.78, 5) is 7.12. The lowest BCUT2D eigenvalue weighted by Gasteiger charge is -2.33. The molecule has 0 atom stereocenters. The average Bonchev–Trinajstić information content (AvgIpc) is 2.85. The molecule has 1 saturated carbocycles. The molecule has 1 fully saturated rings. The summed E-state index contributed by atoms with van der Waals surface area (Å²) >= 11 is 1.78. The summed E-state index contributed by atoms with van der Waals surface area (Å²) in [6.07, 6.45) is 5.37. The van der Waals surface area contributed by atoms with Crippen LogP contribution in [0.3, 0.4) is 0 Å². The molecule has 4 heteroatoms. The van der Waals surface area contributed by atoms with Gasteiger partial charge in [-0.25, -0.2) is 4.98 Å². The number of rotatable bonds is 5. The topological polar surface area (TPSA) is 28.2 Å². The van der Waals surface area contributed by atoms with Crippen LogP contribution in [-0.2, 0) is 6.54 Å². The summed E-state index contributed by atoms with van der Waals surface area (Å²) < 4.78 is 0. The summed E-state index contributed by atoms with van der Waals surface area (Å²) in [6.45, 7) is 6.39. The molecule has 3 nitrogen and oxygen atoms in total. The van der Waals surface area contributed by atoms with Gasteiger partial charge in [-0.15, -0.1) is 11.3 Å². The maximum absolute atomic E-state index is 4.72. The third-order valence-electron chi connectivity index (χ3n) is 3.93. The molecule has 1 aromatic heterocycles. The van der Waals surface area contributed by atoms with Crippen LogP contribution < -0.4 is 10.2 Å². The average molecular weight is 267 g/mol. The third-order valence-corrected chi connectivity index (χ3v) is 4.91. The quantitative estimate of drug-likeness (QED) is 0.887. The molecule has 0 unspecified atom stereocenters. The first kappa shape index (κ1) is 13.8. The molecular weight excluding hydrogens is 242 g/mol. The van der Waals surface area contributed by atoms with Gasteiger partial charge in [-0.2, -0.15) is 0 Å². The second kappa shape index (κ2) is 6.53. The lowest BCUT2D eigenvalue weighted by Crippen LogP contribution is -2.34. The second-order valence-corrected chi connectivity index (χ2v) is 6.26. The van der Waals surface area contributed by atoms with E-state index in [4.69, 9.17) is 4.98 Å². The largest absolute Gasteiger partial charge is 0.348 e. The SMILES string of the molecule is CCNCc1csc(N(C)C2CCC(C)CC2)n1. The molecule has 0 radical (unpaired) electrons. The van der Waals surface area contributed by atoms with E-state index in [0.717, 1.165) is 19.0 Å². The molecule has 1 aliphatic rings. The molecule has 1 N–H and O–H groups in total. The molecule has 0 amide bonds. The Bertz CT molecular complexity index is 356. The number of anilines is 1. The summed E-state index contributed by atoms with van der Waals surface area (Å²) in [6, 6.07) is 0.694. The van der Waals surface area contributed by atoms with Gasteiger partial charge in [-0.1, -0.05) is 13.8 Å². The van der Waals surface area contributed by atoms with Gasteiger partial charge in [0.05, 0.1) is 5.69 Å². The van der Waals surface area contributed by atoms with E-state index in [-0.39, 0.29) is 0 Å². The van der Waals surface area contributed by atoms with E-state index in [1.165, 1.54) is 36.5 Å². The minimum atomic E-state index is 0.694. The number of nitrogens with zero attached hydrogens (tertiary/aromatic N) is 2. The maximum Gasteiger partial charge on any atom is 0.185 e. The Balaban J connectivity index is 1.91. The Morgan fingerprint density at radius 3 is 2.78 bits per heavy atom. The Morgan fingerprint density at radius 2 is 2.11 bits per heavy atom. The van der Waals surface area contributed by atoms with E-state index in [1.54, 1.807) is 11.3 Å². The number of hydrogen-bond acceptors (Lipinski definition) is 4. The summed E-state index contributed by atoms with van der Waals surface area (Å²) in [5, 5.41) is 6.69. The van der Waals surface area contributed by atoms with Gasteiger partial charge in [0.25, 0.3) is 0 Å². The zero-order valence-electron chi connectivity index (χ0n) is 11.8. The Kier molecular flexibility index (Phi) is 5.01. The van der Waals surface area contributed by atoms with Crippen LogP contribution >= 0.6 is 11.3 Å². The van der Waals surface area contributed by atoms with Crippen LogP contribution in [-0.4, -0.2) is 24.6 Å². The van der Waals surface area contributed by atoms with Crippen LogP contribution in [0.15, 0.2) is 5.38 Å². The molecule has 2 rings (SSSR count). The first-order valence-corrected chi connectivity index (χ1v) is 7.96. The smallest absolute Gasteiger partial charge is 0.185 e. The zero-order valence-corrected chi connectivity index (χ0v) is 12.6. The highest BCUT2D eigenvalue weighted by molar-refractivity contribution is 7.13. The molecule has 0 aliphatic heterocycles. The van der Waals surface area contributed by atoms with E-state index >= 15 is 0 Å². The van der Waals surface area contributed by atoms with Crippen molar-refractivity contribution in [2.75, 3.05) is 18.5 Å². The minimum Gasteiger partial charge on any atom is -0.348 e. The minimum absolute atomic E-state index is 0.694. The molecule has 0 saturated heterocycles. The van der Waals surface area contributed by atoms with Crippen LogP contribution in [0.2, 0.25) is 0 Å².